The van der Waals surface area contributed by atoms with Crippen molar-refractivity contribution in [3.05, 3.63) is 24.4 Å². The van der Waals surface area contributed by atoms with Crippen LogP contribution in [0.2, 0.25) is 0 Å². The van der Waals surface area contributed by atoms with E-state index in [1.165, 1.54) is 0 Å². The zero-order chi connectivity index (χ0) is 10.9. The molecular weight excluding hydrogens is 210 g/mol. The third-order valence-electron chi connectivity index (χ3n) is 1.84. The maximum Gasteiger partial charge on any atom is 0.139 e. The fourth-order valence-corrected chi connectivity index (χ4v) is 1.94. The van der Waals surface area contributed by atoms with Crippen molar-refractivity contribution in [1.29, 1.82) is 0 Å². The first-order valence-corrected chi connectivity index (χ1v) is 5.81. The molecule has 0 unspecified atom stereocenters. The molecular formula is C10H15N3OS. The van der Waals surface area contributed by atoms with Gasteiger partial charge in [0.2, 0.25) is 0 Å². The van der Waals surface area contributed by atoms with Crippen LogP contribution in [0.25, 0.3) is 0 Å². The number of oxime groups is 1. The predicted octanol–water partition coefficient (Wildman–Crippen LogP) is 2.09. The molecule has 0 saturated carbocycles. The van der Waals surface area contributed by atoms with Crippen LogP contribution in [0.15, 0.2) is 34.6 Å². The number of rotatable bonds is 6. The second kappa shape index (κ2) is 7.11. The quantitative estimate of drug-likeness (QED) is 0.194. The van der Waals surface area contributed by atoms with E-state index < -0.39 is 0 Å². The van der Waals surface area contributed by atoms with Gasteiger partial charge in [0.15, 0.2) is 0 Å². The number of unbranched alkanes of at least 4 members (excludes halogenated alkanes) is 1. The third-order valence-corrected chi connectivity index (χ3v) is 2.87. The molecule has 0 aliphatic heterocycles. The number of nitrogens with two attached hydrogens (primary N) is 1. The fourth-order valence-electron chi connectivity index (χ4n) is 1.07. The lowest BCUT2D eigenvalue weighted by Gasteiger charge is -2.00. The first-order valence-electron chi connectivity index (χ1n) is 4.83. The molecule has 82 valence electrons. The van der Waals surface area contributed by atoms with Crippen LogP contribution < -0.4 is 5.73 Å². The van der Waals surface area contributed by atoms with Gasteiger partial charge in [-0.1, -0.05) is 11.2 Å². The van der Waals surface area contributed by atoms with Gasteiger partial charge in [0.05, 0.1) is 5.03 Å². The minimum Gasteiger partial charge on any atom is -0.409 e. The highest BCUT2D eigenvalue weighted by Crippen LogP contribution is 2.15. The molecule has 0 bridgehead atoms. The molecule has 0 amide bonds. The topological polar surface area (TPSA) is 71.5 Å². The van der Waals surface area contributed by atoms with Gasteiger partial charge in [-0.05, 0) is 30.7 Å². The normalized spacial score (nSPS) is 11.6. The molecule has 0 fully saturated rings. The number of aromatic nitrogens is 1. The number of pyridine rings is 1. The highest BCUT2D eigenvalue weighted by molar-refractivity contribution is 7.99. The van der Waals surface area contributed by atoms with E-state index in [1.807, 2.05) is 18.2 Å². The minimum absolute atomic E-state index is 0.304. The monoisotopic (exact) mass is 225 g/mol. The van der Waals surface area contributed by atoms with E-state index in [4.69, 9.17) is 10.9 Å². The Bertz CT molecular complexity index is 303. The van der Waals surface area contributed by atoms with Crippen molar-refractivity contribution in [3.63, 3.8) is 0 Å². The van der Waals surface area contributed by atoms with Gasteiger partial charge in [0, 0.05) is 12.6 Å². The summed E-state index contributed by atoms with van der Waals surface area (Å²) in [6.45, 7) is 0. The second-order valence-electron chi connectivity index (χ2n) is 3.06. The molecule has 15 heavy (non-hydrogen) atoms. The maximum absolute atomic E-state index is 8.32. The first-order chi connectivity index (χ1) is 7.33. The number of hydrogen-bond acceptors (Lipinski definition) is 4. The summed E-state index contributed by atoms with van der Waals surface area (Å²) in [5, 5.41) is 12.3. The molecule has 1 heterocycles. The Hall–Kier alpha value is -1.23. The highest BCUT2D eigenvalue weighted by Gasteiger charge is 1.96. The Balaban J connectivity index is 2.08. The van der Waals surface area contributed by atoms with E-state index in [1.54, 1.807) is 18.0 Å². The van der Waals surface area contributed by atoms with E-state index in [2.05, 4.69) is 10.1 Å². The van der Waals surface area contributed by atoms with Crippen LogP contribution >= 0.6 is 11.8 Å². The SMILES string of the molecule is N/C(CCCCSc1ccccn1)=N/O. The summed E-state index contributed by atoms with van der Waals surface area (Å²) in [5.74, 6) is 1.31. The van der Waals surface area contributed by atoms with Crippen molar-refractivity contribution in [2.75, 3.05) is 5.75 Å². The van der Waals surface area contributed by atoms with Crippen molar-refractivity contribution in [2.45, 2.75) is 24.3 Å². The molecule has 3 N–H and O–H groups in total. The molecule has 1 rings (SSSR count). The van der Waals surface area contributed by atoms with Crippen LogP contribution in [0.3, 0.4) is 0 Å². The van der Waals surface area contributed by atoms with Crippen LogP contribution in [0, 0.1) is 0 Å². The van der Waals surface area contributed by atoms with E-state index in [0.29, 0.717) is 12.3 Å². The summed E-state index contributed by atoms with van der Waals surface area (Å²) in [5.41, 5.74) is 5.35. The molecule has 5 heteroatoms. The van der Waals surface area contributed by atoms with Crippen molar-refractivity contribution in [1.82, 2.24) is 4.98 Å². The van der Waals surface area contributed by atoms with Gasteiger partial charge in [-0.3, -0.25) is 0 Å². The lowest BCUT2D eigenvalue weighted by Crippen LogP contribution is -2.10. The number of amidine groups is 1. The van der Waals surface area contributed by atoms with E-state index in [0.717, 1.165) is 23.6 Å². The van der Waals surface area contributed by atoms with Crippen molar-refractivity contribution >= 4 is 17.6 Å². The van der Waals surface area contributed by atoms with E-state index >= 15 is 0 Å². The molecule has 0 aliphatic rings. The Morgan fingerprint density at radius 3 is 3.00 bits per heavy atom. The highest BCUT2D eigenvalue weighted by atomic mass is 32.2. The Morgan fingerprint density at radius 1 is 1.47 bits per heavy atom. The summed E-state index contributed by atoms with van der Waals surface area (Å²) < 4.78 is 0. The van der Waals surface area contributed by atoms with E-state index in [9.17, 15) is 0 Å². The average Bonchev–Trinajstić information content (AvgIpc) is 2.29. The zero-order valence-electron chi connectivity index (χ0n) is 8.47. The van der Waals surface area contributed by atoms with Gasteiger partial charge in [-0.25, -0.2) is 4.98 Å². The van der Waals surface area contributed by atoms with Gasteiger partial charge < -0.3 is 10.9 Å². The number of hydrogen-bond donors (Lipinski definition) is 2. The van der Waals surface area contributed by atoms with E-state index in [-0.39, 0.29) is 0 Å². The van der Waals surface area contributed by atoms with Crippen molar-refractivity contribution in [3.8, 4) is 0 Å². The zero-order valence-corrected chi connectivity index (χ0v) is 9.28. The van der Waals surface area contributed by atoms with Crippen molar-refractivity contribution in [2.24, 2.45) is 10.9 Å². The molecule has 4 nitrogen and oxygen atoms in total. The summed E-state index contributed by atoms with van der Waals surface area (Å²) in [6.07, 6.45) is 4.42. The van der Waals surface area contributed by atoms with Gasteiger partial charge in [0.25, 0.3) is 0 Å². The summed E-state index contributed by atoms with van der Waals surface area (Å²) in [7, 11) is 0. The largest absolute Gasteiger partial charge is 0.409 e. The molecule has 0 aliphatic carbocycles. The molecule has 0 spiro atoms. The van der Waals surface area contributed by atoms with Crippen LogP contribution in [0.5, 0.6) is 0 Å². The van der Waals surface area contributed by atoms with Gasteiger partial charge >= 0.3 is 0 Å². The first kappa shape index (κ1) is 11.8. The Labute approximate surface area is 93.6 Å². The van der Waals surface area contributed by atoms with Crippen LogP contribution in [-0.4, -0.2) is 21.8 Å². The van der Waals surface area contributed by atoms with Crippen LogP contribution in [0.4, 0.5) is 0 Å². The average molecular weight is 225 g/mol. The molecule has 0 saturated heterocycles. The summed E-state index contributed by atoms with van der Waals surface area (Å²) >= 11 is 1.73. The Morgan fingerprint density at radius 2 is 2.33 bits per heavy atom. The van der Waals surface area contributed by atoms with Gasteiger partial charge in [-0.2, -0.15) is 0 Å². The standard InChI is InChI=1S/C10H15N3OS/c11-9(13-14)5-2-4-8-15-10-6-1-3-7-12-10/h1,3,6-7,14H,2,4-5,8H2,(H2,11,13). The predicted molar refractivity (Wildman–Crippen MR) is 62.2 cm³/mol. The Kier molecular flexibility index (Phi) is 5.62. The molecule has 0 aromatic carbocycles. The molecule has 1 aromatic rings. The third kappa shape index (κ3) is 5.27. The van der Waals surface area contributed by atoms with Crippen LogP contribution in [0.1, 0.15) is 19.3 Å². The molecule has 0 radical (unpaired) electrons. The number of nitrogens with zero attached hydrogens (tertiary/aromatic N) is 2. The smallest absolute Gasteiger partial charge is 0.139 e. The number of thioether (sulfide) groups is 1. The molecule has 1 aromatic heterocycles. The fraction of sp³-hybridized carbons (Fsp3) is 0.400. The minimum atomic E-state index is 0.304. The molecule has 0 atom stereocenters. The summed E-state index contributed by atoms with van der Waals surface area (Å²) in [4.78, 5) is 4.20. The van der Waals surface area contributed by atoms with Crippen LogP contribution in [-0.2, 0) is 0 Å². The van der Waals surface area contributed by atoms with Crippen molar-refractivity contribution < 1.29 is 5.21 Å². The lowest BCUT2D eigenvalue weighted by atomic mass is 10.2. The van der Waals surface area contributed by atoms with Gasteiger partial charge in [0.1, 0.15) is 5.84 Å². The lowest BCUT2D eigenvalue weighted by molar-refractivity contribution is 0.316. The summed E-state index contributed by atoms with van der Waals surface area (Å²) in [6, 6.07) is 5.88. The second-order valence-corrected chi connectivity index (χ2v) is 4.18. The van der Waals surface area contributed by atoms with Gasteiger partial charge in [-0.15, -0.1) is 11.8 Å². The maximum atomic E-state index is 8.32.